The van der Waals surface area contributed by atoms with Gasteiger partial charge in [-0.2, -0.15) is 0 Å². The Morgan fingerprint density at radius 1 is 1.06 bits per heavy atom. The number of amides is 4. The monoisotopic (exact) mass is 484 g/mol. The topological polar surface area (TPSA) is 177 Å². The molecule has 1 aliphatic carbocycles. The smallest absolute Gasteiger partial charge is 0.408 e. The lowest BCUT2D eigenvalue weighted by molar-refractivity contribution is -0.144. The summed E-state index contributed by atoms with van der Waals surface area (Å²) in [6.07, 6.45) is 2.04. The highest BCUT2D eigenvalue weighted by Crippen LogP contribution is 2.28. The molecule has 0 aromatic heterocycles. The molecular weight excluding hydrogens is 444 g/mol. The van der Waals surface area contributed by atoms with Gasteiger partial charge in [-0.25, -0.2) is 9.59 Å². The van der Waals surface area contributed by atoms with Crippen molar-refractivity contribution in [2.24, 2.45) is 23.5 Å². The molecule has 34 heavy (non-hydrogen) atoms. The number of carbonyl (C=O) groups excluding carboxylic acids is 4. The van der Waals surface area contributed by atoms with Gasteiger partial charge in [0.1, 0.15) is 17.7 Å². The van der Waals surface area contributed by atoms with Crippen molar-refractivity contribution in [1.29, 1.82) is 0 Å². The van der Waals surface area contributed by atoms with E-state index < -0.39 is 48.0 Å². The fourth-order valence-corrected chi connectivity index (χ4v) is 3.81. The number of rotatable bonds is 11. The first-order chi connectivity index (χ1) is 15.7. The summed E-state index contributed by atoms with van der Waals surface area (Å²) in [4.78, 5) is 59.6. The van der Waals surface area contributed by atoms with Crippen molar-refractivity contribution in [3.05, 3.63) is 0 Å². The zero-order chi connectivity index (χ0) is 26.1. The lowest BCUT2D eigenvalue weighted by Crippen LogP contribution is -2.52. The Labute approximate surface area is 200 Å². The average Bonchev–Trinajstić information content (AvgIpc) is 2.73. The predicted molar refractivity (Wildman–Crippen MR) is 124 cm³/mol. The van der Waals surface area contributed by atoms with E-state index in [4.69, 9.17) is 15.6 Å². The van der Waals surface area contributed by atoms with Crippen molar-refractivity contribution in [3.63, 3.8) is 0 Å². The maximum Gasteiger partial charge on any atom is 0.408 e. The molecule has 1 saturated carbocycles. The van der Waals surface area contributed by atoms with E-state index in [1.807, 2.05) is 13.8 Å². The number of aliphatic carboxylic acids is 1. The molecule has 3 atom stereocenters. The number of carboxylic acids is 1. The molecule has 1 fully saturated rings. The first kappa shape index (κ1) is 29.2. The van der Waals surface area contributed by atoms with Crippen molar-refractivity contribution >= 4 is 29.8 Å². The van der Waals surface area contributed by atoms with Gasteiger partial charge in [0, 0.05) is 12.5 Å². The average molecular weight is 485 g/mol. The second-order valence-corrected chi connectivity index (χ2v) is 10.0. The van der Waals surface area contributed by atoms with Crippen LogP contribution in [-0.4, -0.2) is 59.1 Å². The number of carboxylic acid groups (broad SMARTS) is 1. The van der Waals surface area contributed by atoms with Gasteiger partial charge in [-0.15, -0.1) is 0 Å². The van der Waals surface area contributed by atoms with E-state index in [-0.39, 0.29) is 23.7 Å². The quantitative estimate of drug-likeness (QED) is 0.293. The Balaban J connectivity index is 2.55. The van der Waals surface area contributed by atoms with Gasteiger partial charge in [0.15, 0.2) is 0 Å². The fourth-order valence-electron chi connectivity index (χ4n) is 3.81. The molecular formula is C23H40N4O7. The molecule has 0 spiro atoms. The summed E-state index contributed by atoms with van der Waals surface area (Å²) in [5, 5.41) is 17.1. The van der Waals surface area contributed by atoms with Crippen LogP contribution in [0.25, 0.3) is 0 Å². The summed E-state index contributed by atoms with van der Waals surface area (Å²) >= 11 is 0. The largest absolute Gasteiger partial charge is 0.480 e. The molecule has 1 aliphatic rings. The summed E-state index contributed by atoms with van der Waals surface area (Å²) in [6, 6.07) is -2.06. The van der Waals surface area contributed by atoms with Crippen LogP contribution in [-0.2, 0) is 23.9 Å². The summed E-state index contributed by atoms with van der Waals surface area (Å²) in [5.74, 6) is -3.08. The maximum absolute atomic E-state index is 12.8. The van der Waals surface area contributed by atoms with Gasteiger partial charge in [0.25, 0.3) is 0 Å². The first-order valence-electron chi connectivity index (χ1n) is 11.8. The van der Waals surface area contributed by atoms with Crippen LogP contribution in [0.2, 0.25) is 0 Å². The SMILES string of the molecule is CC[C@H](C)[C@H](NC(=O)OC(C)(C)C)C(=O)NCC1CCC(C(=O)N[C@H](CC(N)=O)C(=O)O)CC1. The second-order valence-electron chi connectivity index (χ2n) is 10.0. The molecule has 0 aromatic carbocycles. The fraction of sp³-hybridized carbons (Fsp3) is 0.783. The van der Waals surface area contributed by atoms with Crippen LogP contribution in [0.4, 0.5) is 4.79 Å². The summed E-state index contributed by atoms with van der Waals surface area (Å²) < 4.78 is 5.27. The summed E-state index contributed by atoms with van der Waals surface area (Å²) in [5.41, 5.74) is 4.37. The van der Waals surface area contributed by atoms with Gasteiger partial charge < -0.3 is 31.5 Å². The Bertz CT molecular complexity index is 742. The van der Waals surface area contributed by atoms with Crippen LogP contribution >= 0.6 is 0 Å². The molecule has 11 heteroatoms. The number of ether oxygens (including phenoxy) is 1. The predicted octanol–water partition coefficient (Wildman–Crippen LogP) is 1.29. The Morgan fingerprint density at radius 2 is 1.65 bits per heavy atom. The number of carbonyl (C=O) groups is 5. The standard InChI is InChI=1S/C23H40N4O7/c1-6-13(2)18(27-22(33)34-23(3,4)5)20(30)25-12-14-7-9-15(10-8-14)19(29)26-16(21(31)32)11-17(24)28/h13-16,18H,6-12H2,1-5H3,(H2,24,28)(H,25,30)(H,26,29)(H,27,33)(H,31,32)/t13-,14?,15?,16+,18-/m0/s1. The van der Waals surface area contributed by atoms with Crippen molar-refractivity contribution in [3.8, 4) is 0 Å². The van der Waals surface area contributed by atoms with Crippen LogP contribution in [0, 0.1) is 17.8 Å². The normalized spacial score (nSPS) is 20.9. The third-order valence-corrected chi connectivity index (χ3v) is 5.97. The van der Waals surface area contributed by atoms with E-state index in [1.165, 1.54) is 0 Å². The zero-order valence-electron chi connectivity index (χ0n) is 20.8. The van der Waals surface area contributed by atoms with Crippen LogP contribution in [0.1, 0.15) is 73.1 Å². The Morgan fingerprint density at radius 3 is 2.12 bits per heavy atom. The molecule has 194 valence electrons. The van der Waals surface area contributed by atoms with Crippen molar-refractivity contribution in [2.75, 3.05) is 6.54 Å². The molecule has 0 radical (unpaired) electrons. The van der Waals surface area contributed by atoms with Crippen LogP contribution in [0.3, 0.4) is 0 Å². The summed E-state index contributed by atoms with van der Waals surface area (Å²) in [7, 11) is 0. The number of hydrogen-bond donors (Lipinski definition) is 5. The van der Waals surface area contributed by atoms with Gasteiger partial charge >= 0.3 is 12.1 Å². The third kappa shape index (κ3) is 10.4. The van der Waals surface area contributed by atoms with E-state index >= 15 is 0 Å². The Hall–Kier alpha value is -2.85. The maximum atomic E-state index is 12.8. The highest BCUT2D eigenvalue weighted by molar-refractivity contribution is 5.89. The van der Waals surface area contributed by atoms with Crippen LogP contribution < -0.4 is 21.7 Å². The van der Waals surface area contributed by atoms with Crippen molar-refractivity contribution in [1.82, 2.24) is 16.0 Å². The minimum absolute atomic E-state index is 0.0884. The van der Waals surface area contributed by atoms with Crippen LogP contribution in [0.15, 0.2) is 0 Å². The number of nitrogens with one attached hydrogen (secondary N) is 3. The number of hydrogen-bond acceptors (Lipinski definition) is 6. The number of alkyl carbamates (subject to hydrolysis) is 1. The Kier molecular flexibility index (Phi) is 11.3. The highest BCUT2D eigenvalue weighted by atomic mass is 16.6. The molecule has 0 aromatic rings. The van der Waals surface area contributed by atoms with Gasteiger partial charge in [-0.1, -0.05) is 20.3 Å². The number of nitrogens with two attached hydrogens (primary N) is 1. The minimum atomic E-state index is -1.34. The van der Waals surface area contributed by atoms with E-state index in [2.05, 4.69) is 16.0 Å². The first-order valence-corrected chi connectivity index (χ1v) is 11.8. The van der Waals surface area contributed by atoms with Crippen molar-refractivity contribution < 1.29 is 33.8 Å². The van der Waals surface area contributed by atoms with Gasteiger partial charge in [0.05, 0.1) is 6.42 Å². The molecule has 0 aliphatic heterocycles. The number of primary amides is 1. The second kappa shape index (κ2) is 13.1. The van der Waals surface area contributed by atoms with E-state index in [9.17, 15) is 24.0 Å². The van der Waals surface area contributed by atoms with Gasteiger partial charge in [-0.05, 0) is 58.3 Å². The molecule has 11 nitrogen and oxygen atoms in total. The lowest BCUT2D eigenvalue weighted by atomic mass is 9.81. The van der Waals surface area contributed by atoms with E-state index in [1.54, 1.807) is 20.8 Å². The third-order valence-electron chi connectivity index (χ3n) is 5.97. The van der Waals surface area contributed by atoms with Gasteiger partial charge in [0.2, 0.25) is 17.7 Å². The molecule has 1 rings (SSSR count). The van der Waals surface area contributed by atoms with Crippen molar-refractivity contribution in [2.45, 2.75) is 90.8 Å². The van der Waals surface area contributed by atoms with E-state index in [0.717, 1.165) is 0 Å². The molecule has 4 amide bonds. The van der Waals surface area contributed by atoms with Gasteiger partial charge in [-0.3, -0.25) is 14.4 Å². The van der Waals surface area contributed by atoms with E-state index in [0.29, 0.717) is 38.6 Å². The molecule has 0 heterocycles. The molecule has 0 saturated heterocycles. The zero-order valence-corrected chi connectivity index (χ0v) is 20.8. The lowest BCUT2D eigenvalue weighted by Gasteiger charge is -2.30. The highest BCUT2D eigenvalue weighted by Gasteiger charge is 2.32. The summed E-state index contributed by atoms with van der Waals surface area (Å²) in [6.45, 7) is 9.49. The molecule has 0 unspecified atom stereocenters. The van der Waals surface area contributed by atoms with Crippen LogP contribution in [0.5, 0.6) is 0 Å². The molecule has 6 N–H and O–H groups in total. The molecule has 0 bridgehead atoms. The minimum Gasteiger partial charge on any atom is -0.480 e.